The van der Waals surface area contributed by atoms with Crippen LogP contribution in [0.5, 0.6) is 0 Å². The van der Waals surface area contributed by atoms with Gasteiger partial charge < -0.3 is 5.32 Å². The molecule has 6 heteroatoms. The minimum atomic E-state index is -0.694. The fraction of sp³-hybridized carbons (Fsp3) is 0.125. The van der Waals surface area contributed by atoms with Crippen molar-refractivity contribution >= 4 is 43.5 Å². The number of carbonyl (C=O) groups is 1. The molecule has 0 saturated carbocycles. The van der Waals surface area contributed by atoms with Gasteiger partial charge in [-0.25, -0.2) is 8.78 Å². The van der Waals surface area contributed by atoms with Gasteiger partial charge >= 0.3 is 0 Å². The lowest BCUT2D eigenvalue weighted by molar-refractivity contribution is -0.113. The quantitative estimate of drug-likeness (QED) is 0.656. The number of carbonyl (C=O) groups excluding carboxylic acids is 1. The first-order chi connectivity index (χ1) is 6.54. The largest absolute Gasteiger partial charge is 0.323 e. The number of hydrogen-bond acceptors (Lipinski definition) is 1. The van der Waals surface area contributed by atoms with Crippen LogP contribution >= 0.6 is 31.9 Å². The summed E-state index contributed by atoms with van der Waals surface area (Å²) in [4.78, 5) is 10.9. The summed E-state index contributed by atoms with van der Waals surface area (Å²) in [6.45, 7) is 0. The highest BCUT2D eigenvalue weighted by Crippen LogP contribution is 2.24. The molecule has 0 fully saturated rings. The Bertz CT molecular complexity index is 371. The number of amides is 1. The molecule has 14 heavy (non-hydrogen) atoms. The molecule has 76 valence electrons. The third-order valence-electron chi connectivity index (χ3n) is 1.39. The van der Waals surface area contributed by atoms with Crippen molar-refractivity contribution in [1.29, 1.82) is 0 Å². The van der Waals surface area contributed by atoms with E-state index in [0.717, 1.165) is 12.1 Å². The molecular formula is C8H5Br2F2NO. The van der Waals surface area contributed by atoms with Crippen LogP contribution in [-0.4, -0.2) is 11.2 Å². The lowest BCUT2D eigenvalue weighted by Gasteiger charge is -2.05. The monoisotopic (exact) mass is 327 g/mol. The van der Waals surface area contributed by atoms with E-state index in [1.807, 2.05) is 0 Å². The van der Waals surface area contributed by atoms with Crippen molar-refractivity contribution < 1.29 is 13.6 Å². The standard InChI is InChI=1S/C8H5Br2F2NO/c9-3-7(14)13-6-2-4(11)1-5(10)8(6)12/h1-2H,3H2,(H,13,14). The van der Waals surface area contributed by atoms with Gasteiger partial charge in [-0.15, -0.1) is 0 Å². The van der Waals surface area contributed by atoms with Crippen LogP contribution in [0.1, 0.15) is 0 Å². The van der Waals surface area contributed by atoms with Crippen molar-refractivity contribution in [1.82, 2.24) is 0 Å². The third kappa shape index (κ3) is 2.75. The number of nitrogens with one attached hydrogen (secondary N) is 1. The Kier molecular flexibility index (Phi) is 4.00. The van der Waals surface area contributed by atoms with Gasteiger partial charge in [0, 0.05) is 6.07 Å². The number of benzene rings is 1. The van der Waals surface area contributed by atoms with E-state index in [0.29, 0.717) is 0 Å². The number of halogens is 4. The molecule has 1 N–H and O–H groups in total. The lowest BCUT2D eigenvalue weighted by atomic mass is 10.3. The summed E-state index contributed by atoms with van der Waals surface area (Å²) in [7, 11) is 0. The Morgan fingerprint density at radius 1 is 1.43 bits per heavy atom. The smallest absolute Gasteiger partial charge is 0.235 e. The second kappa shape index (κ2) is 4.84. The highest BCUT2D eigenvalue weighted by atomic mass is 79.9. The predicted molar refractivity (Wildman–Crippen MR) is 56.5 cm³/mol. The molecule has 0 aliphatic rings. The van der Waals surface area contributed by atoms with E-state index in [4.69, 9.17) is 0 Å². The normalized spacial score (nSPS) is 10.0. The molecule has 1 aromatic carbocycles. The van der Waals surface area contributed by atoms with Crippen molar-refractivity contribution in [2.75, 3.05) is 10.6 Å². The van der Waals surface area contributed by atoms with Crippen molar-refractivity contribution in [3.63, 3.8) is 0 Å². The minimum Gasteiger partial charge on any atom is -0.323 e. The molecule has 0 bridgehead atoms. The van der Waals surface area contributed by atoms with Crippen LogP contribution in [0.4, 0.5) is 14.5 Å². The highest BCUT2D eigenvalue weighted by Gasteiger charge is 2.11. The molecule has 0 aliphatic heterocycles. The molecule has 0 heterocycles. The van der Waals surface area contributed by atoms with Crippen LogP contribution in [0.25, 0.3) is 0 Å². The van der Waals surface area contributed by atoms with E-state index in [-0.39, 0.29) is 15.5 Å². The number of anilines is 1. The maximum Gasteiger partial charge on any atom is 0.235 e. The van der Waals surface area contributed by atoms with Gasteiger partial charge in [-0.3, -0.25) is 4.79 Å². The molecule has 0 atom stereocenters. The Morgan fingerprint density at radius 2 is 2.07 bits per heavy atom. The molecule has 0 unspecified atom stereocenters. The van der Waals surface area contributed by atoms with Gasteiger partial charge in [0.2, 0.25) is 5.91 Å². The van der Waals surface area contributed by atoms with Crippen LogP contribution < -0.4 is 5.32 Å². The van der Waals surface area contributed by atoms with E-state index >= 15 is 0 Å². The van der Waals surface area contributed by atoms with Gasteiger partial charge in [-0.1, -0.05) is 15.9 Å². The summed E-state index contributed by atoms with van der Waals surface area (Å²) < 4.78 is 26.0. The van der Waals surface area contributed by atoms with E-state index in [9.17, 15) is 13.6 Å². The van der Waals surface area contributed by atoms with Crippen LogP contribution in [-0.2, 0) is 4.79 Å². The van der Waals surface area contributed by atoms with Gasteiger partial charge in [0.05, 0.1) is 15.5 Å². The maximum atomic E-state index is 13.2. The summed E-state index contributed by atoms with van der Waals surface area (Å²) in [6, 6.07) is 1.90. The van der Waals surface area contributed by atoms with E-state index in [2.05, 4.69) is 37.2 Å². The van der Waals surface area contributed by atoms with Gasteiger partial charge in [-0.05, 0) is 22.0 Å². The van der Waals surface area contributed by atoms with Gasteiger partial charge in [-0.2, -0.15) is 0 Å². The molecule has 2 nitrogen and oxygen atoms in total. The fourth-order valence-electron chi connectivity index (χ4n) is 0.831. The lowest BCUT2D eigenvalue weighted by Crippen LogP contribution is -2.13. The first-order valence-electron chi connectivity index (χ1n) is 3.55. The van der Waals surface area contributed by atoms with E-state index in [1.165, 1.54) is 0 Å². The molecule has 0 saturated heterocycles. The van der Waals surface area contributed by atoms with Crippen LogP contribution in [0.3, 0.4) is 0 Å². The molecule has 0 spiro atoms. The Hall–Kier alpha value is -0.490. The fourth-order valence-corrected chi connectivity index (χ4v) is 1.40. The second-order valence-corrected chi connectivity index (χ2v) is 3.85. The predicted octanol–water partition coefficient (Wildman–Crippen LogP) is 3.06. The van der Waals surface area contributed by atoms with E-state index in [1.54, 1.807) is 0 Å². The molecule has 0 aromatic heterocycles. The Labute approximate surface area is 95.9 Å². The molecule has 1 rings (SSSR count). The summed E-state index contributed by atoms with van der Waals surface area (Å²) in [5, 5.41) is 2.24. The summed E-state index contributed by atoms with van der Waals surface area (Å²) in [5.41, 5.74) is -0.179. The molecule has 0 radical (unpaired) electrons. The first-order valence-corrected chi connectivity index (χ1v) is 5.46. The zero-order valence-corrected chi connectivity index (χ0v) is 9.95. The maximum absolute atomic E-state index is 13.2. The van der Waals surface area contributed by atoms with Crippen molar-refractivity contribution in [3.05, 3.63) is 28.2 Å². The number of rotatable bonds is 2. The SMILES string of the molecule is O=C(CBr)Nc1cc(F)cc(Br)c1F. The molecule has 1 aromatic rings. The zero-order valence-electron chi connectivity index (χ0n) is 6.78. The third-order valence-corrected chi connectivity index (χ3v) is 2.47. The zero-order chi connectivity index (χ0) is 10.7. The van der Waals surface area contributed by atoms with E-state index < -0.39 is 17.5 Å². The Balaban J connectivity index is 3.02. The van der Waals surface area contributed by atoms with Gasteiger partial charge in [0.1, 0.15) is 5.82 Å². The van der Waals surface area contributed by atoms with Crippen LogP contribution in [0.15, 0.2) is 16.6 Å². The summed E-state index contributed by atoms with van der Waals surface area (Å²) in [6.07, 6.45) is 0. The minimum absolute atomic E-state index is 0.0256. The summed E-state index contributed by atoms with van der Waals surface area (Å²) in [5.74, 6) is -1.76. The summed E-state index contributed by atoms with van der Waals surface area (Å²) >= 11 is 5.72. The average molecular weight is 329 g/mol. The number of alkyl halides is 1. The topological polar surface area (TPSA) is 29.1 Å². The Morgan fingerprint density at radius 3 is 2.64 bits per heavy atom. The molecule has 1 amide bonds. The van der Waals surface area contributed by atoms with Crippen LogP contribution in [0, 0.1) is 11.6 Å². The van der Waals surface area contributed by atoms with Crippen molar-refractivity contribution in [3.8, 4) is 0 Å². The second-order valence-electron chi connectivity index (χ2n) is 2.43. The molecule has 0 aliphatic carbocycles. The molecular weight excluding hydrogens is 324 g/mol. The van der Waals surface area contributed by atoms with Gasteiger partial charge in [0.25, 0.3) is 0 Å². The first kappa shape index (κ1) is 11.6. The number of hydrogen-bond donors (Lipinski definition) is 1. The van der Waals surface area contributed by atoms with Crippen LogP contribution in [0.2, 0.25) is 0 Å². The van der Waals surface area contributed by atoms with Gasteiger partial charge in [0.15, 0.2) is 5.82 Å². The highest BCUT2D eigenvalue weighted by molar-refractivity contribution is 9.10. The van der Waals surface area contributed by atoms with Crippen molar-refractivity contribution in [2.45, 2.75) is 0 Å². The van der Waals surface area contributed by atoms with Crippen molar-refractivity contribution in [2.24, 2.45) is 0 Å². The average Bonchev–Trinajstić information content (AvgIpc) is 2.13.